The number of aryl methyl sites for hydroxylation is 1. The number of halogens is 3. The van der Waals surface area contributed by atoms with Gasteiger partial charge in [-0.15, -0.1) is 0 Å². The molecule has 10 heteroatoms. The van der Waals surface area contributed by atoms with E-state index in [-0.39, 0.29) is 21.8 Å². The predicted octanol–water partition coefficient (Wildman–Crippen LogP) is 3.06. The summed E-state index contributed by atoms with van der Waals surface area (Å²) >= 11 is 0. The Bertz CT molecular complexity index is 1140. The summed E-state index contributed by atoms with van der Waals surface area (Å²) in [7, 11) is -4.08. The Morgan fingerprint density at radius 2 is 1.89 bits per heavy atom. The molecule has 0 aliphatic rings. The molecule has 6 nitrogen and oxygen atoms in total. The Morgan fingerprint density at radius 1 is 1.18 bits per heavy atom. The van der Waals surface area contributed by atoms with Crippen molar-refractivity contribution in [1.29, 1.82) is 0 Å². The minimum absolute atomic E-state index is 0.00432. The van der Waals surface area contributed by atoms with Gasteiger partial charge in [0.05, 0.1) is 22.9 Å². The van der Waals surface area contributed by atoms with Gasteiger partial charge in [0.25, 0.3) is 6.43 Å². The van der Waals surface area contributed by atoms with Gasteiger partial charge < -0.3 is 5.11 Å². The molecule has 148 valence electrons. The van der Waals surface area contributed by atoms with Crippen LogP contribution in [0.25, 0.3) is 16.9 Å². The Hall–Kier alpha value is -2.69. The van der Waals surface area contributed by atoms with Gasteiger partial charge in [-0.25, -0.2) is 31.4 Å². The molecule has 3 aromatic rings. The number of hydrogen-bond acceptors (Lipinski definition) is 4. The van der Waals surface area contributed by atoms with Crippen molar-refractivity contribution in [3.05, 3.63) is 65.1 Å². The van der Waals surface area contributed by atoms with E-state index in [1.54, 1.807) is 6.92 Å². The normalized spacial score (nSPS) is 12.0. The molecule has 0 spiro atoms. The molecule has 1 aromatic heterocycles. The van der Waals surface area contributed by atoms with E-state index < -0.39 is 34.6 Å². The maximum atomic E-state index is 13.6. The highest BCUT2D eigenvalue weighted by molar-refractivity contribution is 7.89. The molecule has 0 saturated heterocycles. The fourth-order valence-corrected chi connectivity index (χ4v) is 3.56. The average molecular weight is 411 g/mol. The number of aliphatic hydroxyl groups is 1. The van der Waals surface area contributed by atoms with Gasteiger partial charge in [-0.2, -0.15) is 5.10 Å². The first-order valence-corrected chi connectivity index (χ1v) is 9.58. The maximum absolute atomic E-state index is 13.6. The highest BCUT2D eigenvalue weighted by atomic mass is 32.2. The molecular formula is C18H16F3N3O3S. The molecule has 1 heterocycles. The molecular weight excluding hydrogens is 395 g/mol. The summed E-state index contributed by atoms with van der Waals surface area (Å²) < 4.78 is 64.5. The number of nitrogens with two attached hydrogens (primary N) is 1. The van der Waals surface area contributed by atoms with Crippen molar-refractivity contribution in [2.75, 3.05) is 0 Å². The zero-order valence-corrected chi connectivity index (χ0v) is 15.4. The quantitative estimate of drug-likeness (QED) is 0.674. The van der Waals surface area contributed by atoms with E-state index in [1.807, 2.05) is 0 Å². The van der Waals surface area contributed by atoms with Crippen molar-refractivity contribution in [2.24, 2.45) is 5.14 Å². The first-order chi connectivity index (χ1) is 13.1. The third-order valence-corrected chi connectivity index (χ3v) is 5.18. The zero-order chi connectivity index (χ0) is 20.6. The smallest absolute Gasteiger partial charge is 0.282 e. The second-order valence-electron chi connectivity index (χ2n) is 6.13. The zero-order valence-electron chi connectivity index (χ0n) is 14.6. The average Bonchev–Trinajstić information content (AvgIpc) is 3.08. The van der Waals surface area contributed by atoms with Crippen molar-refractivity contribution in [2.45, 2.75) is 24.9 Å². The van der Waals surface area contributed by atoms with Gasteiger partial charge in [0.1, 0.15) is 11.5 Å². The fraction of sp³-hybridized carbons (Fsp3) is 0.167. The summed E-state index contributed by atoms with van der Waals surface area (Å²) in [5.41, 5.74) is 0.753. The van der Waals surface area contributed by atoms with Crippen molar-refractivity contribution in [1.82, 2.24) is 9.78 Å². The lowest BCUT2D eigenvalue weighted by molar-refractivity contribution is 0.145. The lowest BCUT2D eigenvalue weighted by Gasteiger charge is -2.12. The van der Waals surface area contributed by atoms with Crippen LogP contribution in [0.3, 0.4) is 0 Å². The summed E-state index contributed by atoms with van der Waals surface area (Å²) in [4.78, 5) is -0.279. The molecule has 0 atom stereocenters. The van der Waals surface area contributed by atoms with Crippen LogP contribution in [0.4, 0.5) is 13.2 Å². The number of primary sulfonamides is 1. The van der Waals surface area contributed by atoms with Crippen LogP contribution in [0.2, 0.25) is 0 Å². The highest BCUT2D eigenvalue weighted by Crippen LogP contribution is 2.30. The van der Waals surface area contributed by atoms with Gasteiger partial charge in [-0.1, -0.05) is 0 Å². The molecule has 0 aliphatic heterocycles. The Morgan fingerprint density at radius 3 is 2.46 bits per heavy atom. The van der Waals surface area contributed by atoms with E-state index in [0.29, 0.717) is 11.1 Å². The van der Waals surface area contributed by atoms with Gasteiger partial charge in [0.2, 0.25) is 10.0 Å². The molecule has 0 aliphatic carbocycles. The topological polar surface area (TPSA) is 98.2 Å². The Labute approximate surface area is 159 Å². The molecule has 0 saturated carbocycles. The van der Waals surface area contributed by atoms with Crippen LogP contribution in [0.1, 0.15) is 23.2 Å². The molecule has 0 unspecified atom stereocenters. The SMILES string of the molecule is Cc1cc(-c2cc(C(F)F)nn2-c2ccc(S(N)(=O)=O)c(CO)c2)ccc1F. The van der Waals surface area contributed by atoms with Crippen LogP contribution in [-0.2, 0) is 16.6 Å². The van der Waals surface area contributed by atoms with E-state index in [0.717, 1.165) is 0 Å². The monoisotopic (exact) mass is 411 g/mol. The third-order valence-electron chi connectivity index (χ3n) is 4.17. The predicted molar refractivity (Wildman–Crippen MR) is 95.9 cm³/mol. The summed E-state index contributed by atoms with van der Waals surface area (Å²) in [5, 5.41) is 18.5. The number of aliphatic hydroxyl groups excluding tert-OH is 1. The van der Waals surface area contributed by atoms with Crippen LogP contribution in [0, 0.1) is 12.7 Å². The maximum Gasteiger partial charge on any atom is 0.282 e. The molecule has 0 radical (unpaired) electrons. The molecule has 28 heavy (non-hydrogen) atoms. The largest absolute Gasteiger partial charge is 0.392 e. The number of nitrogens with zero attached hydrogens (tertiary/aromatic N) is 2. The van der Waals surface area contributed by atoms with E-state index in [2.05, 4.69) is 5.10 Å². The Kier molecular flexibility index (Phi) is 5.28. The number of aromatic nitrogens is 2. The fourth-order valence-electron chi connectivity index (χ4n) is 2.81. The first-order valence-electron chi connectivity index (χ1n) is 8.03. The van der Waals surface area contributed by atoms with Crippen molar-refractivity contribution in [3.8, 4) is 16.9 Å². The van der Waals surface area contributed by atoms with Gasteiger partial charge in [0, 0.05) is 5.56 Å². The standard InChI is InChI=1S/C18H16F3N3O3S/c1-10-6-11(2-4-14(10)19)16-8-15(18(20)21)23-24(16)13-3-5-17(28(22,26)27)12(7-13)9-25/h2-8,18,25H,9H2,1H3,(H2,22,26,27). The minimum Gasteiger partial charge on any atom is -0.392 e. The van der Waals surface area contributed by atoms with Crippen LogP contribution >= 0.6 is 0 Å². The Balaban J connectivity index is 2.22. The van der Waals surface area contributed by atoms with E-state index in [9.17, 15) is 26.7 Å². The minimum atomic E-state index is -4.08. The van der Waals surface area contributed by atoms with Crippen molar-refractivity contribution in [3.63, 3.8) is 0 Å². The summed E-state index contributed by atoms with van der Waals surface area (Å²) in [6.45, 7) is 0.909. The van der Waals surface area contributed by atoms with Gasteiger partial charge in [-0.3, -0.25) is 0 Å². The third kappa shape index (κ3) is 3.79. The number of hydrogen-bond donors (Lipinski definition) is 2. The van der Waals surface area contributed by atoms with Crippen LogP contribution in [0.15, 0.2) is 47.4 Å². The van der Waals surface area contributed by atoms with E-state index >= 15 is 0 Å². The van der Waals surface area contributed by atoms with Gasteiger partial charge >= 0.3 is 0 Å². The first kappa shape index (κ1) is 20.1. The van der Waals surface area contributed by atoms with Gasteiger partial charge in [0.15, 0.2) is 0 Å². The molecule has 0 bridgehead atoms. The van der Waals surface area contributed by atoms with Crippen LogP contribution < -0.4 is 5.14 Å². The van der Waals surface area contributed by atoms with Crippen LogP contribution in [0.5, 0.6) is 0 Å². The molecule has 3 rings (SSSR count). The van der Waals surface area contributed by atoms with Crippen LogP contribution in [-0.4, -0.2) is 23.3 Å². The lowest BCUT2D eigenvalue weighted by Crippen LogP contribution is -2.15. The number of sulfonamides is 1. The number of rotatable bonds is 5. The highest BCUT2D eigenvalue weighted by Gasteiger charge is 2.20. The van der Waals surface area contributed by atoms with E-state index in [1.165, 1.54) is 47.1 Å². The molecule has 3 N–H and O–H groups in total. The summed E-state index contributed by atoms with van der Waals surface area (Å²) in [6.07, 6.45) is -2.84. The number of benzene rings is 2. The van der Waals surface area contributed by atoms with E-state index in [4.69, 9.17) is 5.14 Å². The van der Waals surface area contributed by atoms with Crippen molar-refractivity contribution >= 4 is 10.0 Å². The van der Waals surface area contributed by atoms with Crippen molar-refractivity contribution < 1.29 is 26.7 Å². The second-order valence-corrected chi connectivity index (χ2v) is 7.66. The summed E-state index contributed by atoms with van der Waals surface area (Å²) in [6, 6.07) is 9.10. The number of alkyl halides is 2. The molecule has 0 amide bonds. The second kappa shape index (κ2) is 7.38. The summed E-state index contributed by atoms with van der Waals surface area (Å²) in [5.74, 6) is -0.441. The molecule has 0 fully saturated rings. The van der Waals surface area contributed by atoms with Gasteiger partial charge in [-0.05, 0) is 60.5 Å². The molecule has 2 aromatic carbocycles. The lowest BCUT2D eigenvalue weighted by atomic mass is 10.1.